The Balaban J connectivity index is 1.62. The van der Waals surface area contributed by atoms with E-state index in [1.807, 2.05) is 0 Å². The number of fused-ring (bicyclic) bond motifs is 2. The number of nitrogens with one attached hydrogen (secondary N) is 1. The van der Waals surface area contributed by atoms with Crippen LogP contribution in [0.5, 0.6) is 0 Å². The summed E-state index contributed by atoms with van der Waals surface area (Å²) < 4.78 is 0. The lowest BCUT2D eigenvalue weighted by Gasteiger charge is -2.35. The first-order valence-corrected chi connectivity index (χ1v) is 7.88. The first-order chi connectivity index (χ1) is 10.3. The standard InChI is InChI=1S/C19H21NO/c21-16-9-13(10-16)12-20-19-17-7-3-1-5-14(17)11-15-6-2-4-8-18(15)19/h1-8,13,16,19-21H,9-12H2. The Morgan fingerprint density at radius 3 is 2.05 bits per heavy atom. The summed E-state index contributed by atoms with van der Waals surface area (Å²) in [6.07, 6.45) is 2.86. The molecule has 108 valence electrons. The zero-order chi connectivity index (χ0) is 14.2. The third-order valence-corrected chi connectivity index (χ3v) is 4.93. The van der Waals surface area contributed by atoms with Crippen LogP contribution in [-0.4, -0.2) is 17.8 Å². The number of rotatable bonds is 3. The van der Waals surface area contributed by atoms with E-state index < -0.39 is 0 Å². The summed E-state index contributed by atoms with van der Waals surface area (Å²) in [4.78, 5) is 0. The van der Waals surface area contributed by atoms with Crippen LogP contribution >= 0.6 is 0 Å². The van der Waals surface area contributed by atoms with Gasteiger partial charge in [-0.25, -0.2) is 0 Å². The van der Waals surface area contributed by atoms with E-state index in [0.717, 1.165) is 25.8 Å². The van der Waals surface area contributed by atoms with Crippen molar-refractivity contribution in [3.63, 3.8) is 0 Å². The Morgan fingerprint density at radius 1 is 0.905 bits per heavy atom. The maximum Gasteiger partial charge on any atom is 0.0582 e. The Kier molecular flexibility index (Phi) is 3.28. The summed E-state index contributed by atoms with van der Waals surface area (Å²) in [6, 6.07) is 17.8. The molecule has 2 nitrogen and oxygen atoms in total. The first kappa shape index (κ1) is 13.1. The molecule has 21 heavy (non-hydrogen) atoms. The summed E-state index contributed by atoms with van der Waals surface area (Å²) >= 11 is 0. The van der Waals surface area contributed by atoms with Crippen molar-refractivity contribution in [1.82, 2.24) is 5.32 Å². The molecule has 1 fully saturated rings. The maximum absolute atomic E-state index is 9.44. The minimum absolute atomic E-state index is 0.0669. The Morgan fingerprint density at radius 2 is 1.48 bits per heavy atom. The zero-order valence-electron chi connectivity index (χ0n) is 12.1. The van der Waals surface area contributed by atoms with Crippen LogP contribution in [0, 0.1) is 5.92 Å². The van der Waals surface area contributed by atoms with Gasteiger partial charge in [0.25, 0.3) is 0 Å². The van der Waals surface area contributed by atoms with Gasteiger partial charge in [-0.15, -0.1) is 0 Å². The molecular formula is C19H21NO. The average Bonchev–Trinajstić information content (AvgIpc) is 2.49. The summed E-state index contributed by atoms with van der Waals surface area (Å²) in [5.74, 6) is 0.626. The lowest BCUT2D eigenvalue weighted by atomic mass is 9.80. The van der Waals surface area contributed by atoms with Crippen LogP contribution in [0.4, 0.5) is 0 Å². The molecule has 0 bridgehead atoms. The number of aliphatic hydroxyl groups excluding tert-OH is 1. The van der Waals surface area contributed by atoms with Gasteiger partial charge in [-0.05, 0) is 54.0 Å². The van der Waals surface area contributed by atoms with Crippen LogP contribution in [0.3, 0.4) is 0 Å². The average molecular weight is 279 g/mol. The SMILES string of the molecule is OC1CC(CNC2c3ccccc3Cc3ccccc32)C1. The van der Waals surface area contributed by atoms with Gasteiger partial charge in [0.05, 0.1) is 12.1 Å². The van der Waals surface area contributed by atoms with E-state index in [4.69, 9.17) is 0 Å². The van der Waals surface area contributed by atoms with Crippen molar-refractivity contribution in [2.24, 2.45) is 5.92 Å². The van der Waals surface area contributed by atoms with Crippen molar-refractivity contribution in [1.29, 1.82) is 0 Å². The van der Waals surface area contributed by atoms with E-state index in [2.05, 4.69) is 53.8 Å². The monoisotopic (exact) mass is 279 g/mol. The molecule has 0 aliphatic heterocycles. The molecule has 0 unspecified atom stereocenters. The van der Waals surface area contributed by atoms with Crippen LogP contribution in [-0.2, 0) is 6.42 Å². The van der Waals surface area contributed by atoms with E-state index in [1.54, 1.807) is 0 Å². The molecule has 0 aromatic heterocycles. The number of hydrogen-bond acceptors (Lipinski definition) is 2. The topological polar surface area (TPSA) is 32.3 Å². The quantitative estimate of drug-likeness (QED) is 0.905. The second-order valence-corrected chi connectivity index (χ2v) is 6.41. The molecular weight excluding hydrogens is 258 g/mol. The van der Waals surface area contributed by atoms with Gasteiger partial charge < -0.3 is 10.4 Å². The summed E-state index contributed by atoms with van der Waals surface area (Å²) in [5.41, 5.74) is 5.69. The zero-order valence-corrected chi connectivity index (χ0v) is 12.1. The molecule has 0 amide bonds. The molecule has 2 N–H and O–H groups in total. The van der Waals surface area contributed by atoms with Gasteiger partial charge in [-0.1, -0.05) is 48.5 Å². The van der Waals surface area contributed by atoms with Crippen LogP contribution in [0.1, 0.15) is 41.1 Å². The van der Waals surface area contributed by atoms with Crippen LogP contribution in [0.25, 0.3) is 0 Å². The molecule has 0 spiro atoms. The van der Waals surface area contributed by atoms with Crippen molar-refractivity contribution in [2.75, 3.05) is 6.54 Å². The van der Waals surface area contributed by atoms with Crippen LogP contribution < -0.4 is 5.32 Å². The number of benzene rings is 2. The maximum atomic E-state index is 9.44. The van der Waals surface area contributed by atoms with Crippen molar-refractivity contribution in [3.8, 4) is 0 Å². The van der Waals surface area contributed by atoms with E-state index in [0.29, 0.717) is 12.0 Å². The van der Waals surface area contributed by atoms with Gasteiger partial charge in [0, 0.05) is 0 Å². The summed E-state index contributed by atoms with van der Waals surface area (Å²) in [6.45, 7) is 0.990. The van der Waals surface area contributed by atoms with Crippen molar-refractivity contribution >= 4 is 0 Å². The van der Waals surface area contributed by atoms with Crippen molar-refractivity contribution in [3.05, 3.63) is 70.8 Å². The van der Waals surface area contributed by atoms with Gasteiger partial charge in [-0.2, -0.15) is 0 Å². The fourth-order valence-corrected chi connectivity index (χ4v) is 3.70. The molecule has 1 saturated carbocycles. The largest absolute Gasteiger partial charge is 0.393 e. The lowest BCUT2D eigenvalue weighted by molar-refractivity contribution is 0.0423. The molecule has 0 atom stereocenters. The molecule has 0 saturated heterocycles. The van der Waals surface area contributed by atoms with Gasteiger partial charge in [-0.3, -0.25) is 0 Å². The second-order valence-electron chi connectivity index (χ2n) is 6.41. The third kappa shape index (κ3) is 2.39. The van der Waals surface area contributed by atoms with Crippen LogP contribution in [0.2, 0.25) is 0 Å². The van der Waals surface area contributed by atoms with Crippen molar-refractivity contribution in [2.45, 2.75) is 31.4 Å². The minimum Gasteiger partial charge on any atom is -0.393 e. The fourth-order valence-electron chi connectivity index (χ4n) is 3.70. The first-order valence-electron chi connectivity index (χ1n) is 7.88. The van der Waals surface area contributed by atoms with E-state index in [9.17, 15) is 5.11 Å². The van der Waals surface area contributed by atoms with Gasteiger partial charge in [0.2, 0.25) is 0 Å². The second kappa shape index (κ2) is 5.28. The van der Waals surface area contributed by atoms with E-state index >= 15 is 0 Å². The van der Waals surface area contributed by atoms with E-state index in [-0.39, 0.29) is 6.10 Å². The predicted molar refractivity (Wildman–Crippen MR) is 84.3 cm³/mol. The Bertz CT molecular complexity index is 600. The van der Waals surface area contributed by atoms with Gasteiger partial charge in [0.1, 0.15) is 0 Å². The molecule has 2 aromatic rings. The van der Waals surface area contributed by atoms with E-state index in [1.165, 1.54) is 22.3 Å². The molecule has 2 aliphatic rings. The Hall–Kier alpha value is -1.64. The predicted octanol–water partition coefficient (Wildman–Crippen LogP) is 3.04. The molecule has 2 aromatic carbocycles. The normalized spacial score (nSPS) is 24.0. The highest BCUT2D eigenvalue weighted by Gasteiger charge is 2.29. The molecule has 0 heterocycles. The van der Waals surface area contributed by atoms with Gasteiger partial charge in [0.15, 0.2) is 0 Å². The van der Waals surface area contributed by atoms with Crippen molar-refractivity contribution < 1.29 is 5.11 Å². The number of aliphatic hydroxyl groups is 1. The summed E-state index contributed by atoms with van der Waals surface area (Å²) in [7, 11) is 0. The lowest BCUT2D eigenvalue weighted by Crippen LogP contribution is -2.38. The smallest absolute Gasteiger partial charge is 0.0582 e. The number of hydrogen-bond donors (Lipinski definition) is 2. The molecule has 0 radical (unpaired) electrons. The summed E-state index contributed by atoms with van der Waals surface area (Å²) in [5, 5.41) is 13.2. The van der Waals surface area contributed by atoms with Crippen LogP contribution in [0.15, 0.2) is 48.5 Å². The van der Waals surface area contributed by atoms with Gasteiger partial charge >= 0.3 is 0 Å². The molecule has 2 aliphatic carbocycles. The third-order valence-electron chi connectivity index (χ3n) is 4.93. The highest BCUT2D eigenvalue weighted by Crippen LogP contribution is 2.35. The molecule has 4 rings (SSSR count). The minimum atomic E-state index is -0.0669. The fraction of sp³-hybridized carbons (Fsp3) is 0.368. The molecule has 2 heteroatoms. The highest BCUT2D eigenvalue weighted by molar-refractivity contribution is 5.48. The Labute approximate surface area is 125 Å². The highest BCUT2D eigenvalue weighted by atomic mass is 16.3.